The first-order valence-corrected chi connectivity index (χ1v) is 10.5. The number of aromatic amines is 1. The van der Waals surface area contributed by atoms with Crippen molar-refractivity contribution < 1.29 is 17.6 Å². The number of nitrogens with zero attached hydrogens (tertiary/aromatic N) is 5. The SMILES string of the molecule is Cc1nc(N2CCc3c([nH]c4cc(F)ccc34)C2)nc(=O)n1Cc1cnc(C(F)(F)F)s1. The fourth-order valence-electron chi connectivity index (χ4n) is 3.90. The largest absolute Gasteiger partial charge is 0.443 e. The van der Waals surface area contributed by atoms with Gasteiger partial charge in [0.2, 0.25) is 5.95 Å². The van der Waals surface area contributed by atoms with E-state index in [9.17, 15) is 22.4 Å². The van der Waals surface area contributed by atoms with Gasteiger partial charge in [0.1, 0.15) is 11.6 Å². The Hall–Kier alpha value is -3.28. The summed E-state index contributed by atoms with van der Waals surface area (Å²) in [5.74, 6) is 0.268. The molecule has 0 fully saturated rings. The van der Waals surface area contributed by atoms with Crippen LogP contribution in [0.15, 0.2) is 29.2 Å². The van der Waals surface area contributed by atoms with Gasteiger partial charge in [0.25, 0.3) is 0 Å². The zero-order chi connectivity index (χ0) is 22.6. The highest BCUT2D eigenvalue weighted by molar-refractivity contribution is 7.11. The van der Waals surface area contributed by atoms with Gasteiger partial charge in [-0.15, -0.1) is 11.3 Å². The monoisotopic (exact) mass is 464 g/mol. The molecule has 0 saturated carbocycles. The quantitative estimate of drug-likeness (QED) is 0.468. The Labute approximate surface area is 182 Å². The lowest BCUT2D eigenvalue weighted by molar-refractivity contribution is -0.137. The molecule has 12 heteroatoms. The number of anilines is 1. The standard InChI is InChI=1S/C20H16F4N6OS/c1-10-26-18(28-19(31)30(10)8-12-7-25-17(32-12)20(22,23)24)29-5-4-14-13-3-2-11(21)6-15(13)27-16(14)9-29/h2-3,6-7,27H,4-5,8-9H2,1H3. The molecule has 1 N–H and O–H groups in total. The second kappa shape index (κ2) is 7.40. The van der Waals surface area contributed by atoms with Gasteiger partial charge in [-0.2, -0.15) is 23.1 Å². The molecule has 3 aromatic heterocycles. The Kier molecular flexibility index (Phi) is 4.77. The molecule has 4 heterocycles. The van der Waals surface area contributed by atoms with E-state index in [-0.39, 0.29) is 23.2 Å². The number of halogens is 4. The number of aromatic nitrogens is 5. The van der Waals surface area contributed by atoms with Gasteiger partial charge in [0.05, 0.1) is 13.1 Å². The fourth-order valence-corrected chi connectivity index (χ4v) is 4.67. The summed E-state index contributed by atoms with van der Waals surface area (Å²) < 4.78 is 53.1. The zero-order valence-corrected chi connectivity index (χ0v) is 17.5. The highest BCUT2D eigenvalue weighted by atomic mass is 32.1. The van der Waals surface area contributed by atoms with E-state index in [1.165, 1.54) is 16.7 Å². The van der Waals surface area contributed by atoms with Crippen LogP contribution >= 0.6 is 11.3 Å². The fraction of sp³-hybridized carbons (Fsp3) is 0.300. The molecule has 166 valence electrons. The number of hydrogen-bond acceptors (Lipinski definition) is 6. The molecule has 1 aliphatic heterocycles. The molecule has 0 aliphatic carbocycles. The predicted octanol–water partition coefficient (Wildman–Crippen LogP) is 3.65. The first kappa shape index (κ1) is 20.6. The maximum Gasteiger partial charge on any atom is 0.443 e. The van der Waals surface area contributed by atoms with Crippen molar-refractivity contribution in [1.82, 2.24) is 24.5 Å². The van der Waals surface area contributed by atoms with E-state index in [4.69, 9.17) is 0 Å². The average Bonchev–Trinajstić information content (AvgIpc) is 3.34. The van der Waals surface area contributed by atoms with Gasteiger partial charge in [-0.05, 0) is 37.1 Å². The summed E-state index contributed by atoms with van der Waals surface area (Å²) in [5.41, 5.74) is 2.13. The number of hydrogen-bond donors (Lipinski definition) is 1. The minimum atomic E-state index is -4.52. The van der Waals surface area contributed by atoms with Gasteiger partial charge >= 0.3 is 11.9 Å². The first-order valence-electron chi connectivity index (χ1n) is 9.70. The lowest BCUT2D eigenvalue weighted by Crippen LogP contribution is -2.36. The summed E-state index contributed by atoms with van der Waals surface area (Å²) in [5, 5.41) is 0.00873. The normalized spacial score (nSPS) is 14.2. The number of H-pyrrole nitrogens is 1. The van der Waals surface area contributed by atoms with Crippen molar-refractivity contribution in [3.63, 3.8) is 0 Å². The summed E-state index contributed by atoms with van der Waals surface area (Å²) in [6, 6.07) is 4.63. The minimum absolute atomic E-state index is 0.0869. The van der Waals surface area contributed by atoms with Crippen molar-refractivity contribution >= 4 is 28.2 Å². The van der Waals surface area contributed by atoms with Crippen LogP contribution in [0.25, 0.3) is 10.9 Å². The van der Waals surface area contributed by atoms with Crippen molar-refractivity contribution in [3.8, 4) is 0 Å². The van der Waals surface area contributed by atoms with Crippen LogP contribution in [0.4, 0.5) is 23.5 Å². The molecule has 0 radical (unpaired) electrons. The number of fused-ring (bicyclic) bond motifs is 3. The number of rotatable bonds is 3. The Balaban J connectivity index is 1.40. The molecule has 0 spiro atoms. The van der Waals surface area contributed by atoms with E-state index >= 15 is 0 Å². The van der Waals surface area contributed by atoms with Gasteiger partial charge < -0.3 is 9.88 Å². The predicted molar refractivity (Wildman–Crippen MR) is 110 cm³/mol. The highest BCUT2D eigenvalue weighted by Gasteiger charge is 2.34. The molecule has 4 aromatic rings. The van der Waals surface area contributed by atoms with E-state index in [2.05, 4.69) is 19.9 Å². The third-order valence-corrected chi connectivity index (χ3v) is 6.44. The zero-order valence-electron chi connectivity index (χ0n) is 16.7. The Morgan fingerprint density at radius 2 is 2.06 bits per heavy atom. The van der Waals surface area contributed by atoms with E-state index in [1.807, 2.05) is 4.90 Å². The van der Waals surface area contributed by atoms with Crippen LogP contribution in [-0.2, 0) is 25.7 Å². The number of benzene rings is 1. The van der Waals surface area contributed by atoms with Gasteiger partial charge in [-0.3, -0.25) is 4.57 Å². The third kappa shape index (κ3) is 3.64. The molecule has 5 rings (SSSR count). The minimum Gasteiger partial charge on any atom is -0.357 e. The smallest absolute Gasteiger partial charge is 0.357 e. The lowest BCUT2D eigenvalue weighted by atomic mass is 10.0. The van der Waals surface area contributed by atoms with Crippen molar-refractivity contribution in [2.24, 2.45) is 0 Å². The maximum absolute atomic E-state index is 13.5. The average molecular weight is 464 g/mol. The van der Waals surface area contributed by atoms with Crippen LogP contribution in [0.3, 0.4) is 0 Å². The maximum atomic E-state index is 13.5. The summed E-state index contributed by atoms with van der Waals surface area (Å²) >= 11 is 0.487. The number of thiazole rings is 1. The molecule has 7 nitrogen and oxygen atoms in total. The highest BCUT2D eigenvalue weighted by Crippen LogP contribution is 2.33. The molecule has 0 amide bonds. The summed E-state index contributed by atoms with van der Waals surface area (Å²) in [6.45, 7) is 2.53. The van der Waals surface area contributed by atoms with Crippen LogP contribution in [-0.4, -0.2) is 31.0 Å². The first-order chi connectivity index (χ1) is 15.2. The van der Waals surface area contributed by atoms with Gasteiger partial charge in [-0.1, -0.05) is 0 Å². The molecule has 0 bridgehead atoms. The molecular formula is C20H16F4N6OS. The molecule has 0 unspecified atom stereocenters. The topological polar surface area (TPSA) is 79.7 Å². The molecule has 32 heavy (non-hydrogen) atoms. The van der Waals surface area contributed by atoms with E-state index < -0.39 is 16.9 Å². The van der Waals surface area contributed by atoms with E-state index in [0.717, 1.165) is 22.8 Å². The van der Waals surface area contributed by atoms with E-state index in [0.29, 0.717) is 42.2 Å². The van der Waals surface area contributed by atoms with Gasteiger partial charge in [0.15, 0.2) is 5.01 Å². The molecular weight excluding hydrogens is 448 g/mol. The Morgan fingerprint density at radius 1 is 1.25 bits per heavy atom. The van der Waals surface area contributed by atoms with Crippen molar-refractivity contribution in [1.29, 1.82) is 0 Å². The molecule has 1 aliphatic rings. The van der Waals surface area contributed by atoms with Crippen LogP contribution in [0, 0.1) is 12.7 Å². The molecule has 1 aromatic carbocycles. The van der Waals surface area contributed by atoms with Crippen molar-refractivity contribution in [2.45, 2.75) is 32.6 Å². The van der Waals surface area contributed by atoms with Crippen LogP contribution < -0.4 is 10.6 Å². The summed E-state index contributed by atoms with van der Waals surface area (Å²) in [6.07, 6.45) is -2.74. The second-order valence-electron chi connectivity index (χ2n) is 7.51. The number of alkyl halides is 3. The van der Waals surface area contributed by atoms with Crippen LogP contribution in [0.1, 0.15) is 27.0 Å². The van der Waals surface area contributed by atoms with Crippen LogP contribution in [0.5, 0.6) is 0 Å². The summed E-state index contributed by atoms with van der Waals surface area (Å²) in [7, 11) is 0. The lowest BCUT2D eigenvalue weighted by Gasteiger charge is -2.27. The van der Waals surface area contributed by atoms with Crippen molar-refractivity contribution in [2.75, 3.05) is 11.4 Å². The Bertz CT molecular complexity index is 1390. The van der Waals surface area contributed by atoms with Crippen molar-refractivity contribution in [3.05, 3.63) is 67.7 Å². The molecule has 0 saturated heterocycles. The second-order valence-corrected chi connectivity index (χ2v) is 8.63. The summed E-state index contributed by atoms with van der Waals surface area (Å²) in [4.78, 5) is 29.8. The number of nitrogens with one attached hydrogen (secondary N) is 1. The van der Waals surface area contributed by atoms with Gasteiger partial charge in [-0.25, -0.2) is 14.2 Å². The molecule has 0 atom stereocenters. The third-order valence-electron chi connectivity index (χ3n) is 5.41. The van der Waals surface area contributed by atoms with Gasteiger partial charge in [0, 0.05) is 34.2 Å². The number of aryl methyl sites for hydroxylation is 1. The Morgan fingerprint density at radius 3 is 2.78 bits per heavy atom. The van der Waals surface area contributed by atoms with E-state index in [1.54, 1.807) is 13.0 Å². The van der Waals surface area contributed by atoms with Crippen LogP contribution in [0.2, 0.25) is 0 Å².